The summed E-state index contributed by atoms with van der Waals surface area (Å²) in [5, 5.41) is 3.38. The molecule has 0 spiro atoms. The highest BCUT2D eigenvalue weighted by Gasteiger charge is 2.36. The molecule has 0 saturated carbocycles. The first-order valence-electron chi connectivity index (χ1n) is 9.79. The van der Waals surface area contributed by atoms with Crippen LogP contribution in [0.5, 0.6) is 0 Å². The van der Waals surface area contributed by atoms with E-state index in [1.165, 1.54) is 23.0 Å². The number of carbonyl (C=O) groups excluding carboxylic acids is 3. The van der Waals surface area contributed by atoms with Gasteiger partial charge in [-0.3, -0.25) is 19.3 Å². The molecule has 1 saturated heterocycles. The largest absolute Gasteiger partial charge is 0.300 e. The maximum Gasteiger partial charge on any atom is 0.294 e. The Morgan fingerprint density at radius 1 is 1.15 bits per heavy atom. The summed E-state index contributed by atoms with van der Waals surface area (Å²) in [4.78, 5) is 43.8. The number of thioether (sulfide) groups is 1. The van der Waals surface area contributed by atoms with E-state index in [4.69, 9.17) is 23.2 Å². The molecule has 0 unspecified atom stereocenters. The first kappa shape index (κ1) is 23.5. The van der Waals surface area contributed by atoms with E-state index in [0.29, 0.717) is 27.2 Å². The zero-order valence-electron chi connectivity index (χ0n) is 17.3. The van der Waals surface area contributed by atoms with Gasteiger partial charge in [0.15, 0.2) is 5.13 Å². The Balaban J connectivity index is 1.38. The van der Waals surface area contributed by atoms with E-state index in [1.807, 2.05) is 19.1 Å². The number of amides is 3. The molecule has 1 fully saturated rings. The molecule has 1 aromatic heterocycles. The molecule has 3 amide bonds. The molecule has 0 bridgehead atoms. The van der Waals surface area contributed by atoms with Gasteiger partial charge >= 0.3 is 0 Å². The predicted molar refractivity (Wildman–Crippen MR) is 134 cm³/mol. The van der Waals surface area contributed by atoms with E-state index in [1.54, 1.807) is 24.4 Å². The fourth-order valence-corrected chi connectivity index (χ4v) is 5.21. The molecule has 0 atom stereocenters. The Morgan fingerprint density at radius 3 is 2.64 bits per heavy atom. The lowest BCUT2D eigenvalue weighted by Gasteiger charge is -2.11. The lowest BCUT2D eigenvalue weighted by Crippen LogP contribution is -2.36. The minimum absolute atomic E-state index is 0.187. The molecular formula is C23H17Cl2N3O3S2. The number of thiazole rings is 1. The average Bonchev–Trinajstić information content (AvgIpc) is 3.30. The molecule has 10 heteroatoms. The molecule has 3 aromatic rings. The van der Waals surface area contributed by atoms with E-state index in [0.717, 1.165) is 27.1 Å². The molecule has 6 nitrogen and oxygen atoms in total. The van der Waals surface area contributed by atoms with Crippen LogP contribution in [-0.4, -0.2) is 33.5 Å². The smallest absolute Gasteiger partial charge is 0.294 e. The lowest BCUT2D eigenvalue weighted by molar-refractivity contribution is -0.127. The van der Waals surface area contributed by atoms with Crippen LogP contribution in [0.2, 0.25) is 10.0 Å². The van der Waals surface area contributed by atoms with Crippen LogP contribution >= 0.6 is 46.3 Å². The van der Waals surface area contributed by atoms with Crippen LogP contribution in [0, 0.1) is 6.92 Å². The third-order valence-electron chi connectivity index (χ3n) is 4.72. The Bertz CT molecular complexity index is 1270. The molecule has 0 radical (unpaired) electrons. The number of aromatic nitrogens is 1. The normalized spacial score (nSPS) is 14.9. The number of hydrogen-bond donors (Lipinski definition) is 1. The maximum atomic E-state index is 12.7. The SMILES string of the molecule is Cc1ccc(Cc2cnc(NC(=O)CN3C(=O)SC(=Cc4ccc(Cl)cc4Cl)C3=O)s2)cc1. The second kappa shape index (κ2) is 10.1. The van der Waals surface area contributed by atoms with Crippen LogP contribution in [-0.2, 0) is 16.0 Å². The van der Waals surface area contributed by atoms with Crippen molar-refractivity contribution in [1.29, 1.82) is 0 Å². The van der Waals surface area contributed by atoms with Crippen molar-refractivity contribution in [2.75, 3.05) is 11.9 Å². The number of carbonyl (C=O) groups is 3. The fourth-order valence-electron chi connectivity index (χ4n) is 3.05. The van der Waals surface area contributed by atoms with Crippen molar-refractivity contribution in [2.45, 2.75) is 13.3 Å². The van der Waals surface area contributed by atoms with Gasteiger partial charge in [0, 0.05) is 27.5 Å². The highest BCUT2D eigenvalue weighted by molar-refractivity contribution is 8.18. The van der Waals surface area contributed by atoms with E-state index >= 15 is 0 Å². The summed E-state index contributed by atoms with van der Waals surface area (Å²) >= 11 is 14.1. The summed E-state index contributed by atoms with van der Waals surface area (Å²) < 4.78 is 0. The van der Waals surface area contributed by atoms with Gasteiger partial charge in [-0.15, -0.1) is 11.3 Å². The molecule has 33 heavy (non-hydrogen) atoms. The number of rotatable bonds is 6. The van der Waals surface area contributed by atoms with Crippen molar-refractivity contribution < 1.29 is 14.4 Å². The van der Waals surface area contributed by atoms with E-state index in [9.17, 15) is 14.4 Å². The van der Waals surface area contributed by atoms with Gasteiger partial charge in [-0.05, 0) is 48.0 Å². The van der Waals surface area contributed by atoms with E-state index in [2.05, 4.69) is 22.4 Å². The molecule has 1 aliphatic heterocycles. The van der Waals surface area contributed by atoms with Gasteiger partial charge in [0.05, 0.1) is 4.91 Å². The number of aryl methyl sites for hydroxylation is 1. The minimum Gasteiger partial charge on any atom is -0.300 e. The van der Waals surface area contributed by atoms with Gasteiger partial charge in [0.1, 0.15) is 6.54 Å². The summed E-state index contributed by atoms with van der Waals surface area (Å²) in [5.41, 5.74) is 2.89. The van der Waals surface area contributed by atoms with E-state index < -0.39 is 23.6 Å². The van der Waals surface area contributed by atoms with Gasteiger partial charge in [-0.25, -0.2) is 4.98 Å². The predicted octanol–water partition coefficient (Wildman–Crippen LogP) is 6.02. The van der Waals surface area contributed by atoms with Crippen molar-refractivity contribution in [3.8, 4) is 0 Å². The average molecular weight is 518 g/mol. The summed E-state index contributed by atoms with van der Waals surface area (Å²) in [6, 6.07) is 13.0. The summed E-state index contributed by atoms with van der Waals surface area (Å²) in [5.74, 6) is -1.05. The van der Waals surface area contributed by atoms with Gasteiger partial charge < -0.3 is 5.32 Å². The van der Waals surface area contributed by atoms with Gasteiger partial charge in [0.25, 0.3) is 11.1 Å². The standard InChI is InChI=1S/C23H17Cl2N3O3S2/c1-13-2-4-14(5-3-13)8-17-11-26-22(32-17)27-20(29)12-28-21(30)19(33-23(28)31)9-15-6-7-16(24)10-18(15)25/h2-7,9-11H,8,12H2,1H3,(H,26,27,29). The Hall–Kier alpha value is -2.65. The van der Waals surface area contributed by atoms with Crippen molar-refractivity contribution in [2.24, 2.45) is 0 Å². The molecule has 2 aromatic carbocycles. The van der Waals surface area contributed by atoms with Crippen LogP contribution in [0.4, 0.5) is 9.93 Å². The van der Waals surface area contributed by atoms with Crippen LogP contribution in [0.15, 0.2) is 53.6 Å². The number of hydrogen-bond acceptors (Lipinski definition) is 6. The van der Waals surface area contributed by atoms with Crippen molar-refractivity contribution >= 4 is 74.6 Å². The summed E-state index contributed by atoms with van der Waals surface area (Å²) in [6.07, 6.45) is 3.92. The second-order valence-electron chi connectivity index (χ2n) is 7.28. The van der Waals surface area contributed by atoms with Gasteiger partial charge in [0.2, 0.25) is 5.91 Å². The molecule has 4 rings (SSSR count). The Kier molecular flexibility index (Phi) is 7.19. The molecule has 0 aliphatic carbocycles. The number of anilines is 1. The Morgan fingerprint density at radius 2 is 1.91 bits per heavy atom. The first-order valence-corrected chi connectivity index (χ1v) is 12.2. The van der Waals surface area contributed by atoms with Crippen molar-refractivity contribution in [3.63, 3.8) is 0 Å². The van der Waals surface area contributed by atoms with Crippen LogP contribution < -0.4 is 5.32 Å². The molecule has 1 N–H and O–H groups in total. The van der Waals surface area contributed by atoms with Crippen LogP contribution in [0.3, 0.4) is 0 Å². The minimum atomic E-state index is -0.551. The molecule has 1 aliphatic rings. The first-order chi connectivity index (χ1) is 15.8. The highest BCUT2D eigenvalue weighted by atomic mass is 35.5. The number of imide groups is 1. The van der Waals surface area contributed by atoms with Crippen molar-refractivity contribution in [1.82, 2.24) is 9.88 Å². The van der Waals surface area contributed by atoms with Crippen LogP contribution in [0.1, 0.15) is 21.6 Å². The Labute approximate surface area is 208 Å². The molecular weight excluding hydrogens is 501 g/mol. The monoisotopic (exact) mass is 517 g/mol. The summed E-state index contributed by atoms with van der Waals surface area (Å²) in [7, 11) is 0. The number of nitrogens with zero attached hydrogens (tertiary/aromatic N) is 2. The topological polar surface area (TPSA) is 79.4 Å². The van der Waals surface area contributed by atoms with Crippen molar-refractivity contribution in [3.05, 3.63) is 85.2 Å². The van der Waals surface area contributed by atoms with Gasteiger partial charge in [-0.1, -0.05) is 59.1 Å². The highest BCUT2D eigenvalue weighted by Crippen LogP contribution is 2.34. The number of halogens is 2. The maximum absolute atomic E-state index is 12.7. The lowest BCUT2D eigenvalue weighted by atomic mass is 10.1. The van der Waals surface area contributed by atoms with E-state index in [-0.39, 0.29) is 4.91 Å². The quantitative estimate of drug-likeness (QED) is 0.404. The molecule has 2 heterocycles. The fraction of sp³-hybridized carbons (Fsp3) is 0.130. The second-order valence-corrected chi connectivity index (χ2v) is 10.2. The van der Waals surface area contributed by atoms with Gasteiger partial charge in [-0.2, -0.15) is 0 Å². The zero-order chi connectivity index (χ0) is 23.5. The van der Waals surface area contributed by atoms with Crippen LogP contribution in [0.25, 0.3) is 6.08 Å². The third-order valence-corrected chi connectivity index (χ3v) is 7.11. The zero-order valence-corrected chi connectivity index (χ0v) is 20.4. The number of nitrogens with one attached hydrogen (secondary N) is 1. The number of benzene rings is 2. The molecule has 168 valence electrons. The third kappa shape index (κ3) is 5.83. The summed E-state index contributed by atoms with van der Waals surface area (Å²) in [6.45, 7) is 1.63.